The summed E-state index contributed by atoms with van der Waals surface area (Å²) in [6.45, 7) is 9.08. The van der Waals surface area contributed by atoms with Crippen LogP contribution in [0.25, 0.3) is 0 Å². The minimum Gasteiger partial charge on any atom is -0.390 e. The van der Waals surface area contributed by atoms with Crippen LogP contribution in [0.4, 0.5) is 0 Å². The molecule has 1 heterocycles. The highest BCUT2D eigenvalue weighted by atomic mass is 16.5. The van der Waals surface area contributed by atoms with Crippen molar-refractivity contribution >= 4 is 0 Å². The second kappa shape index (κ2) is 6.35. The molecule has 1 aliphatic rings. The molecule has 0 amide bonds. The molecule has 0 aliphatic carbocycles. The van der Waals surface area contributed by atoms with Gasteiger partial charge in [-0.3, -0.25) is 4.90 Å². The summed E-state index contributed by atoms with van der Waals surface area (Å²) >= 11 is 0. The average molecular weight is 202 g/mol. The number of rotatable bonds is 5. The first-order valence-corrected chi connectivity index (χ1v) is 5.40. The largest absolute Gasteiger partial charge is 0.390 e. The van der Waals surface area contributed by atoms with Gasteiger partial charge in [0, 0.05) is 32.2 Å². The number of aliphatic hydroxyl groups excluding tert-OH is 1. The lowest BCUT2D eigenvalue weighted by Crippen LogP contribution is -2.44. The second-order valence-electron chi connectivity index (χ2n) is 4.13. The van der Waals surface area contributed by atoms with Gasteiger partial charge in [0.1, 0.15) is 0 Å². The number of nitrogens with zero attached hydrogens (tertiary/aromatic N) is 1. The van der Waals surface area contributed by atoms with Crippen LogP contribution in [0.15, 0.2) is 0 Å². The molecule has 1 unspecified atom stereocenters. The average Bonchev–Trinajstić information content (AvgIpc) is 2.16. The van der Waals surface area contributed by atoms with Crippen molar-refractivity contribution in [2.24, 2.45) is 0 Å². The van der Waals surface area contributed by atoms with Gasteiger partial charge in [-0.2, -0.15) is 0 Å². The first kappa shape index (κ1) is 11.9. The highest BCUT2D eigenvalue weighted by Crippen LogP contribution is 1.98. The molecule has 0 spiro atoms. The molecule has 84 valence electrons. The Balaban J connectivity index is 2.09. The van der Waals surface area contributed by atoms with Gasteiger partial charge in [0.15, 0.2) is 0 Å². The Morgan fingerprint density at radius 2 is 2.00 bits per heavy atom. The smallest absolute Gasteiger partial charge is 0.0791 e. The number of nitrogens with one attached hydrogen (secondary N) is 1. The SMILES string of the molecule is CC(C)NCC(O)CN1CCOCC1. The monoisotopic (exact) mass is 202 g/mol. The van der Waals surface area contributed by atoms with Crippen molar-refractivity contribution in [1.82, 2.24) is 10.2 Å². The van der Waals surface area contributed by atoms with Gasteiger partial charge in [-0.05, 0) is 0 Å². The van der Waals surface area contributed by atoms with Crippen molar-refractivity contribution in [1.29, 1.82) is 0 Å². The summed E-state index contributed by atoms with van der Waals surface area (Å²) in [6.07, 6.45) is -0.268. The molecule has 0 aromatic heterocycles. The van der Waals surface area contributed by atoms with Crippen LogP contribution in [0.2, 0.25) is 0 Å². The van der Waals surface area contributed by atoms with Crippen molar-refractivity contribution in [3.63, 3.8) is 0 Å². The number of aliphatic hydroxyl groups is 1. The lowest BCUT2D eigenvalue weighted by molar-refractivity contribution is 0.0146. The number of morpholine rings is 1. The van der Waals surface area contributed by atoms with E-state index in [1.165, 1.54) is 0 Å². The van der Waals surface area contributed by atoms with Gasteiger partial charge in [-0.25, -0.2) is 0 Å². The molecule has 0 saturated carbocycles. The first-order chi connectivity index (χ1) is 6.68. The molecule has 0 bridgehead atoms. The number of β-amino-alcohol motifs (C(OH)–C–C–N with tert-alkyl or cyclic N) is 1. The van der Waals surface area contributed by atoms with Crippen LogP contribution in [0.5, 0.6) is 0 Å². The summed E-state index contributed by atoms with van der Waals surface area (Å²) < 4.78 is 5.24. The van der Waals surface area contributed by atoms with E-state index in [0.717, 1.165) is 32.8 Å². The zero-order valence-corrected chi connectivity index (χ0v) is 9.20. The van der Waals surface area contributed by atoms with E-state index in [4.69, 9.17) is 4.74 Å². The Hall–Kier alpha value is -0.160. The molecule has 2 N–H and O–H groups in total. The molecule has 14 heavy (non-hydrogen) atoms. The predicted octanol–water partition coefficient (Wildman–Crippen LogP) is -0.322. The van der Waals surface area contributed by atoms with Crippen LogP contribution in [0.3, 0.4) is 0 Å². The van der Waals surface area contributed by atoms with Crippen molar-refractivity contribution in [2.45, 2.75) is 26.0 Å². The summed E-state index contributed by atoms with van der Waals surface area (Å²) in [5.41, 5.74) is 0. The van der Waals surface area contributed by atoms with Gasteiger partial charge in [-0.1, -0.05) is 13.8 Å². The lowest BCUT2D eigenvalue weighted by Gasteiger charge is -2.28. The number of hydrogen-bond acceptors (Lipinski definition) is 4. The molecular weight excluding hydrogens is 180 g/mol. The standard InChI is InChI=1S/C10H22N2O2/c1-9(2)11-7-10(13)8-12-3-5-14-6-4-12/h9-11,13H,3-8H2,1-2H3. The van der Waals surface area contributed by atoms with E-state index in [1.807, 2.05) is 0 Å². The second-order valence-corrected chi connectivity index (χ2v) is 4.13. The van der Waals surface area contributed by atoms with Crippen molar-refractivity contribution in [3.05, 3.63) is 0 Å². The highest BCUT2D eigenvalue weighted by molar-refractivity contribution is 4.69. The van der Waals surface area contributed by atoms with E-state index >= 15 is 0 Å². The third-order valence-corrected chi connectivity index (χ3v) is 2.33. The van der Waals surface area contributed by atoms with Crippen LogP contribution in [0.1, 0.15) is 13.8 Å². The normalized spacial score (nSPS) is 21.4. The Morgan fingerprint density at radius 1 is 1.36 bits per heavy atom. The molecule has 1 fully saturated rings. The molecule has 1 aliphatic heterocycles. The Morgan fingerprint density at radius 3 is 2.57 bits per heavy atom. The summed E-state index contributed by atoms with van der Waals surface area (Å²) in [6, 6.07) is 0.439. The zero-order chi connectivity index (χ0) is 10.4. The third-order valence-electron chi connectivity index (χ3n) is 2.33. The van der Waals surface area contributed by atoms with Crippen LogP contribution in [-0.2, 0) is 4.74 Å². The predicted molar refractivity (Wildman–Crippen MR) is 56.4 cm³/mol. The maximum Gasteiger partial charge on any atom is 0.0791 e. The van der Waals surface area contributed by atoms with E-state index in [0.29, 0.717) is 12.6 Å². The van der Waals surface area contributed by atoms with Crippen LogP contribution >= 0.6 is 0 Å². The molecule has 1 saturated heterocycles. The zero-order valence-electron chi connectivity index (χ0n) is 9.20. The van der Waals surface area contributed by atoms with Crippen LogP contribution in [-0.4, -0.2) is 61.5 Å². The molecular formula is C10H22N2O2. The summed E-state index contributed by atoms with van der Waals surface area (Å²) in [4.78, 5) is 2.25. The van der Waals surface area contributed by atoms with Gasteiger partial charge in [-0.15, -0.1) is 0 Å². The first-order valence-electron chi connectivity index (χ1n) is 5.40. The van der Waals surface area contributed by atoms with Crippen molar-refractivity contribution in [2.75, 3.05) is 39.4 Å². The molecule has 4 nitrogen and oxygen atoms in total. The fraction of sp³-hybridized carbons (Fsp3) is 1.00. The third kappa shape index (κ3) is 4.91. The van der Waals surface area contributed by atoms with Gasteiger partial charge < -0.3 is 15.2 Å². The van der Waals surface area contributed by atoms with Crippen LogP contribution < -0.4 is 5.32 Å². The molecule has 0 aromatic carbocycles. The van der Waals surface area contributed by atoms with Gasteiger partial charge >= 0.3 is 0 Å². The van der Waals surface area contributed by atoms with Gasteiger partial charge in [0.05, 0.1) is 19.3 Å². The quantitative estimate of drug-likeness (QED) is 0.641. The topological polar surface area (TPSA) is 44.7 Å². The molecule has 0 radical (unpaired) electrons. The van der Waals surface area contributed by atoms with Crippen molar-refractivity contribution < 1.29 is 9.84 Å². The van der Waals surface area contributed by atoms with E-state index in [9.17, 15) is 5.11 Å². The summed E-state index contributed by atoms with van der Waals surface area (Å²) in [5.74, 6) is 0. The van der Waals surface area contributed by atoms with E-state index in [2.05, 4.69) is 24.1 Å². The lowest BCUT2D eigenvalue weighted by atomic mass is 10.3. The fourth-order valence-corrected chi connectivity index (χ4v) is 1.52. The Kier molecular flexibility index (Phi) is 5.40. The molecule has 0 aromatic rings. The van der Waals surface area contributed by atoms with Crippen LogP contribution in [0, 0.1) is 0 Å². The Labute approximate surface area is 86.2 Å². The molecule has 1 atom stereocenters. The fourth-order valence-electron chi connectivity index (χ4n) is 1.52. The molecule has 4 heteroatoms. The Bertz CT molecular complexity index is 147. The van der Waals surface area contributed by atoms with E-state index in [1.54, 1.807) is 0 Å². The number of ether oxygens (including phenoxy) is 1. The van der Waals surface area contributed by atoms with E-state index < -0.39 is 0 Å². The molecule has 1 rings (SSSR count). The maximum absolute atomic E-state index is 9.71. The van der Waals surface area contributed by atoms with E-state index in [-0.39, 0.29) is 6.10 Å². The highest BCUT2D eigenvalue weighted by Gasteiger charge is 2.14. The summed E-state index contributed by atoms with van der Waals surface area (Å²) in [7, 11) is 0. The van der Waals surface area contributed by atoms with Gasteiger partial charge in [0.25, 0.3) is 0 Å². The van der Waals surface area contributed by atoms with Crippen molar-refractivity contribution in [3.8, 4) is 0 Å². The maximum atomic E-state index is 9.71. The summed E-state index contributed by atoms with van der Waals surface area (Å²) in [5, 5.41) is 12.9. The minimum absolute atomic E-state index is 0.268. The minimum atomic E-state index is -0.268. The van der Waals surface area contributed by atoms with Gasteiger partial charge in [0.2, 0.25) is 0 Å². The number of hydrogen-bond donors (Lipinski definition) is 2.